The molecule has 0 aliphatic heterocycles. The highest BCUT2D eigenvalue weighted by Crippen LogP contribution is 2.22. The van der Waals surface area contributed by atoms with Gasteiger partial charge in [-0.2, -0.15) is 0 Å². The molecule has 7 heteroatoms. The van der Waals surface area contributed by atoms with Crippen molar-refractivity contribution >= 4 is 40.0 Å². The largest absolute Gasteiger partial charge is 0.465 e. The number of esters is 1. The van der Waals surface area contributed by atoms with Crippen molar-refractivity contribution < 1.29 is 14.3 Å². The van der Waals surface area contributed by atoms with E-state index >= 15 is 0 Å². The summed E-state index contributed by atoms with van der Waals surface area (Å²) >= 11 is 0. The zero-order chi connectivity index (χ0) is 20.9. The van der Waals surface area contributed by atoms with E-state index in [0.717, 1.165) is 10.9 Å². The molecule has 2 aromatic carbocycles. The molecular weight excluding hydrogens is 380 g/mol. The van der Waals surface area contributed by atoms with Gasteiger partial charge in [-0.1, -0.05) is 24.3 Å². The Morgan fingerprint density at radius 2 is 1.70 bits per heavy atom. The van der Waals surface area contributed by atoms with Gasteiger partial charge in [-0.15, -0.1) is 0 Å². The third kappa shape index (κ3) is 4.10. The van der Waals surface area contributed by atoms with Gasteiger partial charge in [-0.3, -0.25) is 9.78 Å². The van der Waals surface area contributed by atoms with Crippen molar-refractivity contribution in [1.82, 2.24) is 9.97 Å². The van der Waals surface area contributed by atoms with Crippen LogP contribution < -0.4 is 10.6 Å². The number of anilines is 3. The normalized spacial score (nSPS) is 10.4. The van der Waals surface area contributed by atoms with Crippen LogP contribution in [0.3, 0.4) is 0 Å². The van der Waals surface area contributed by atoms with Crippen molar-refractivity contribution in [3.05, 3.63) is 90.3 Å². The lowest BCUT2D eigenvalue weighted by atomic mass is 10.1. The molecule has 0 saturated heterocycles. The van der Waals surface area contributed by atoms with E-state index in [-0.39, 0.29) is 5.91 Å². The number of carbonyl (C=O) groups excluding carboxylic acids is 2. The van der Waals surface area contributed by atoms with Crippen LogP contribution in [0.1, 0.15) is 20.7 Å². The van der Waals surface area contributed by atoms with Gasteiger partial charge in [0.15, 0.2) is 0 Å². The summed E-state index contributed by atoms with van der Waals surface area (Å²) in [5, 5.41) is 6.95. The molecule has 0 aliphatic rings. The van der Waals surface area contributed by atoms with E-state index in [9.17, 15) is 9.59 Å². The van der Waals surface area contributed by atoms with Crippen LogP contribution in [-0.2, 0) is 4.74 Å². The van der Waals surface area contributed by atoms with Crippen molar-refractivity contribution in [2.45, 2.75) is 0 Å². The molecule has 30 heavy (non-hydrogen) atoms. The zero-order valence-electron chi connectivity index (χ0n) is 16.1. The van der Waals surface area contributed by atoms with Crippen LogP contribution in [0.25, 0.3) is 10.9 Å². The van der Waals surface area contributed by atoms with E-state index in [4.69, 9.17) is 4.74 Å². The lowest BCUT2D eigenvalue weighted by Gasteiger charge is -2.10. The van der Waals surface area contributed by atoms with Crippen LogP contribution in [0.15, 0.2) is 79.1 Å². The number of fused-ring (bicyclic) bond motifs is 1. The molecule has 0 fully saturated rings. The lowest BCUT2D eigenvalue weighted by Crippen LogP contribution is -2.13. The average molecular weight is 398 g/mol. The van der Waals surface area contributed by atoms with E-state index in [2.05, 4.69) is 20.6 Å². The first kappa shape index (κ1) is 19.1. The van der Waals surface area contributed by atoms with Gasteiger partial charge in [-0.25, -0.2) is 9.78 Å². The molecule has 0 spiro atoms. The number of para-hydroxylation sites is 1. The fourth-order valence-corrected chi connectivity index (χ4v) is 3.03. The zero-order valence-corrected chi connectivity index (χ0v) is 16.1. The maximum absolute atomic E-state index is 12.8. The summed E-state index contributed by atoms with van der Waals surface area (Å²) in [6.07, 6.45) is 3.23. The van der Waals surface area contributed by atoms with Crippen molar-refractivity contribution in [3.63, 3.8) is 0 Å². The third-order valence-electron chi connectivity index (χ3n) is 4.46. The van der Waals surface area contributed by atoms with Crippen LogP contribution in [0.4, 0.5) is 17.2 Å². The number of amides is 1. The maximum atomic E-state index is 12.8. The first-order valence-electron chi connectivity index (χ1n) is 9.20. The van der Waals surface area contributed by atoms with Crippen LogP contribution in [0.5, 0.6) is 0 Å². The molecule has 4 rings (SSSR count). The number of nitrogens with one attached hydrogen (secondary N) is 2. The maximum Gasteiger partial charge on any atom is 0.337 e. The Balaban J connectivity index is 1.54. The number of hydrogen-bond donors (Lipinski definition) is 2. The molecule has 0 aliphatic carbocycles. The molecule has 0 unspecified atom stereocenters. The van der Waals surface area contributed by atoms with Crippen molar-refractivity contribution in [1.29, 1.82) is 0 Å². The quantitative estimate of drug-likeness (QED) is 0.484. The minimum absolute atomic E-state index is 0.276. The first-order chi connectivity index (χ1) is 14.6. The number of hydrogen-bond acceptors (Lipinski definition) is 6. The van der Waals surface area contributed by atoms with Gasteiger partial charge >= 0.3 is 5.97 Å². The van der Waals surface area contributed by atoms with Gasteiger partial charge in [0.2, 0.25) is 0 Å². The number of pyridine rings is 2. The van der Waals surface area contributed by atoms with Crippen molar-refractivity contribution in [2.24, 2.45) is 0 Å². The highest BCUT2D eigenvalue weighted by molar-refractivity contribution is 6.08. The molecule has 2 aromatic heterocycles. The van der Waals surface area contributed by atoms with E-state index in [1.165, 1.54) is 7.11 Å². The Labute approximate surface area is 172 Å². The number of rotatable bonds is 5. The highest BCUT2D eigenvalue weighted by Gasteiger charge is 2.11. The number of nitrogens with zero attached hydrogens (tertiary/aromatic N) is 2. The number of methoxy groups -OCH3 is 1. The van der Waals surface area contributed by atoms with Gasteiger partial charge in [0, 0.05) is 29.0 Å². The molecule has 2 heterocycles. The van der Waals surface area contributed by atoms with E-state index < -0.39 is 5.97 Å². The van der Waals surface area contributed by atoms with E-state index in [1.54, 1.807) is 48.8 Å². The van der Waals surface area contributed by atoms with Gasteiger partial charge in [-0.05, 0) is 42.5 Å². The van der Waals surface area contributed by atoms with Gasteiger partial charge in [0.25, 0.3) is 5.91 Å². The second-order valence-corrected chi connectivity index (χ2v) is 6.46. The average Bonchev–Trinajstić information content (AvgIpc) is 2.79. The SMILES string of the molecule is COC(=O)c1cccc(Nc2cc(C(=O)Nc3cccc4cccnc34)ccn2)c1. The lowest BCUT2D eigenvalue weighted by molar-refractivity contribution is 0.0600. The van der Waals surface area contributed by atoms with Crippen molar-refractivity contribution in [3.8, 4) is 0 Å². The predicted octanol–water partition coefficient (Wildman–Crippen LogP) is 4.41. The Hall–Kier alpha value is -4.26. The molecule has 4 aromatic rings. The molecule has 7 nitrogen and oxygen atoms in total. The fraction of sp³-hybridized carbons (Fsp3) is 0.0435. The minimum Gasteiger partial charge on any atom is -0.465 e. The molecular formula is C23H18N4O3. The number of aromatic nitrogens is 2. The summed E-state index contributed by atoms with van der Waals surface area (Å²) in [4.78, 5) is 33.1. The summed E-state index contributed by atoms with van der Waals surface area (Å²) < 4.78 is 4.74. The Kier molecular flexibility index (Phi) is 5.34. The molecule has 0 atom stereocenters. The summed E-state index contributed by atoms with van der Waals surface area (Å²) in [6.45, 7) is 0. The summed E-state index contributed by atoms with van der Waals surface area (Å²) in [7, 11) is 1.33. The van der Waals surface area contributed by atoms with Crippen LogP contribution in [0.2, 0.25) is 0 Å². The second kappa shape index (κ2) is 8.40. The molecule has 0 saturated carbocycles. The molecule has 148 valence electrons. The Bertz CT molecular complexity index is 1230. The second-order valence-electron chi connectivity index (χ2n) is 6.46. The first-order valence-corrected chi connectivity index (χ1v) is 9.20. The summed E-state index contributed by atoms with van der Waals surface area (Å²) in [5.41, 5.74) is 2.86. The van der Waals surface area contributed by atoms with Gasteiger partial charge < -0.3 is 15.4 Å². The van der Waals surface area contributed by atoms with Gasteiger partial charge in [0.1, 0.15) is 5.82 Å². The Morgan fingerprint density at radius 1 is 0.867 bits per heavy atom. The number of ether oxygens (including phenoxy) is 1. The summed E-state index contributed by atoms with van der Waals surface area (Å²) in [5.74, 6) is -0.231. The van der Waals surface area contributed by atoms with Crippen LogP contribution in [-0.4, -0.2) is 29.0 Å². The Morgan fingerprint density at radius 3 is 2.57 bits per heavy atom. The minimum atomic E-state index is -0.427. The highest BCUT2D eigenvalue weighted by atomic mass is 16.5. The number of carbonyl (C=O) groups is 2. The van der Waals surface area contributed by atoms with Crippen LogP contribution in [0, 0.1) is 0 Å². The standard InChI is InChI=1S/C23H18N4O3/c1-30-23(29)17-6-2-8-18(13-17)26-20-14-16(10-12-24-20)22(28)27-19-9-3-5-15-7-4-11-25-21(15)19/h2-14H,1H3,(H,24,26)(H,27,28). The topological polar surface area (TPSA) is 93.2 Å². The molecule has 1 amide bonds. The predicted molar refractivity (Wildman–Crippen MR) is 115 cm³/mol. The van der Waals surface area contributed by atoms with Crippen molar-refractivity contribution in [2.75, 3.05) is 17.7 Å². The van der Waals surface area contributed by atoms with E-state index in [1.807, 2.05) is 30.3 Å². The third-order valence-corrected chi connectivity index (χ3v) is 4.46. The smallest absolute Gasteiger partial charge is 0.337 e. The molecule has 0 bridgehead atoms. The fourth-order valence-electron chi connectivity index (χ4n) is 3.03. The number of benzene rings is 2. The summed E-state index contributed by atoms with van der Waals surface area (Å²) in [6, 6.07) is 19.5. The van der Waals surface area contributed by atoms with Crippen LogP contribution >= 0.6 is 0 Å². The monoisotopic (exact) mass is 398 g/mol. The molecule has 0 radical (unpaired) electrons. The van der Waals surface area contributed by atoms with E-state index in [0.29, 0.717) is 28.3 Å². The molecule has 2 N–H and O–H groups in total. The van der Waals surface area contributed by atoms with Gasteiger partial charge in [0.05, 0.1) is 23.9 Å².